The number of nitrogens with one attached hydrogen (secondary N) is 1. The molecule has 0 amide bonds. The van der Waals surface area contributed by atoms with Gasteiger partial charge >= 0.3 is 0 Å². The van der Waals surface area contributed by atoms with Crippen molar-refractivity contribution < 1.29 is 9.13 Å². The molecular weight excluding hydrogens is 317 g/mol. The molecule has 19 heavy (non-hydrogen) atoms. The largest absolute Gasteiger partial charge is 0.437 e. The number of fused-ring (bicyclic) bond motifs is 1. The van der Waals surface area contributed by atoms with E-state index in [1.165, 1.54) is 24.4 Å². The van der Waals surface area contributed by atoms with Crippen LogP contribution in [0.2, 0.25) is 0 Å². The topological polar surface area (TPSA) is 89.7 Å². The van der Waals surface area contributed by atoms with Gasteiger partial charge in [0.1, 0.15) is 17.0 Å². The summed E-state index contributed by atoms with van der Waals surface area (Å²) in [6, 6.07) is 4.08. The first kappa shape index (κ1) is 11.8. The van der Waals surface area contributed by atoms with E-state index < -0.39 is 0 Å². The number of nitrogen functional groups attached to an aromatic ring is 1. The minimum absolute atomic E-state index is 0.0602. The Labute approximate surface area is 114 Å². The standard InChI is InChI=1S/C11H7BrFN5O/c12-7-3-5(13)1-2-8(7)19-10-6-4-15-18-9(6)16-11(14)17-10/h1-4H,(H3,14,15,16,17,18). The van der Waals surface area contributed by atoms with Crippen LogP contribution in [0.1, 0.15) is 0 Å². The monoisotopic (exact) mass is 323 g/mol. The number of hydrogen-bond donors (Lipinski definition) is 2. The van der Waals surface area contributed by atoms with Crippen LogP contribution in [0.15, 0.2) is 28.9 Å². The van der Waals surface area contributed by atoms with E-state index in [9.17, 15) is 4.39 Å². The molecule has 6 nitrogen and oxygen atoms in total. The van der Waals surface area contributed by atoms with Crippen LogP contribution in [0.5, 0.6) is 11.6 Å². The van der Waals surface area contributed by atoms with Gasteiger partial charge < -0.3 is 10.5 Å². The molecule has 0 unspecified atom stereocenters. The Morgan fingerprint density at radius 2 is 2.16 bits per heavy atom. The average Bonchev–Trinajstić information content (AvgIpc) is 2.80. The van der Waals surface area contributed by atoms with Crippen molar-refractivity contribution in [2.24, 2.45) is 0 Å². The molecule has 0 bridgehead atoms. The molecule has 0 atom stereocenters. The third-order valence-electron chi connectivity index (χ3n) is 2.39. The summed E-state index contributed by atoms with van der Waals surface area (Å²) in [5.74, 6) is 0.366. The van der Waals surface area contributed by atoms with Gasteiger partial charge in [-0.3, -0.25) is 5.10 Å². The Hall–Kier alpha value is -2.22. The highest BCUT2D eigenvalue weighted by atomic mass is 79.9. The van der Waals surface area contributed by atoms with Crippen LogP contribution in [-0.4, -0.2) is 20.2 Å². The number of aromatic nitrogens is 4. The number of nitrogens with two attached hydrogens (primary N) is 1. The summed E-state index contributed by atoms with van der Waals surface area (Å²) in [5, 5.41) is 7.11. The van der Waals surface area contributed by atoms with Crippen LogP contribution in [-0.2, 0) is 0 Å². The molecule has 0 aliphatic heterocycles. The average molecular weight is 324 g/mol. The van der Waals surface area contributed by atoms with Crippen LogP contribution < -0.4 is 10.5 Å². The molecular formula is C11H7BrFN5O. The Morgan fingerprint density at radius 1 is 1.32 bits per heavy atom. The molecule has 2 heterocycles. The smallest absolute Gasteiger partial charge is 0.235 e. The van der Waals surface area contributed by atoms with Crippen LogP contribution in [0.3, 0.4) is 0 Å². The third-order valence-corrected chi connectivity index (χ3v) is 3.01. The van der Waals surface area contributed by atoms with Gasteiger partial charge in [0.2, 0.25) is 11.8 Å². The number of ether oxygens (including phenoxy) is 1. The molecule has 8 heteroatoms. The molecule has 0 spiro atoms. The van der Waals surface area contributed by atoms with Crippen LogP contribution in [0.25, 0.3) is 11.0 Å². The highest BCUT2D eigenvalue weighted by Crippen LogP contribution is 2.32. The Bertz CT molecular complexity index is 760. The van der Waals surface area contributed by atoms with Crippen molar-refractivity contribution in [2.75, 3.05) is 5.73 Å². The summed E-state index contributed by atoms with van der Waals surface area (Å²) < 4.78 is 19.1. The molecule has 0 fully saturated rings. The predicted octanol–water partition coefficient (Wildman–Crippen LogP) is 2.63. The fraction of sp³-hybridized carbons (Fsp3) is 0. The number of H-pyrrole nitrogens is 1. The maximum Gasteiger partial charge on any atom is 0.235 e. The van der Waals surface area contributed by atoms with Gasteiger partial charge in [0.05, 0.1) is 10.7 Å². The number of anilines is 1. The molecule has 0 aliphatic rings. The Balaban J connectivity index is 2.07. The van der Waals surface area contributed by atoms with Gasteiger partial charge in [0.15, 0.2) is 5.65 Å². The summed E-state index contributed by atoms with van der Waals surface area (Å²) in [6.45, 7) is 0. The lowest BCUT2D eigenvalue weighted by Crippen LogP contribution is -1.98. The van der Waals surface area contributed by atoms with Crippen molar-refractivity contribution in [2.45, 2.75) is 0 Å². The summed E-state index contributed by atoms with van der Waals surface area (Å²) in [6.07, 6.45) is 1.53. The maximum absolute atomic E-state index is 13.0. The van der Waals surface area contributed by atoms with Crippen LogP contribution >= 0.6 is 15.9 Å². The highest BCUT2D eigenvalue weighted by Gasteiger charge is 2.12. The van der Waals surface area contributed by atoms with E-state index in [1.54, 1.807) is 0 Å². The molecule has 3 rings (SSSR count). The molecule has 1 aromatic carbocycles. The zero-order valence-electron chi connectivity index (χ0n) is 9.39. The van der Waals surface area contributed by atoms with E-state index in [1.807, 2.05) is 0 Å². The first-order chi connectivity index (χ1) is 9.13. The quantitative estimate of drug-likeness (QED) is 0.756. The molecule has 2 aromatic heterocycles. The van der Waals surface area contributed by atoms with Gasteiger partial charge in [-0.15, -0.1) is 0 Å². The van der Waals surface area contributed by atoms with Gasteiger partial charge in [0, 0.05) is 0 Å². The van der Waals surface area contributed by atoms with E-state index in [-0.39, 0.29) is 17.6 Å². The predicted molar refractivity (Wildman–Crippen MR) is 70.3 cm³/mol. The van der Waals surface area contributed by atoms with E-state index in [2.05, 4.69) is 36.1 Å². The molecule has 0 saturated heterocycles. The minimum Gasteiger partial charge on any atom is -0.437 e. The van der Waals surface area contributed by atoms with E-state index in [0.717, 1.165) is 0 Å². The zero-order valence-corrected chi connectivity index (χ0v) is 11.0. The number of nitrogens with zero attached hydrogens (tertiary/aromatic N) is 3. The fourth-order valence-corrected chi connectivity index (χ4v) is 2.00. The molecule has 0 saturated carbocycles. The highest BCUT2D eigenvalue weighted by molar-refractivity contribution is 9.10. The first-order valence-corrected chi connectivity index (χ1v) is 6.02. The molecule has 3 aromatic rings. The van der Waals surface area contributed by atoms with Crippen molar-refractivity contribution >= 4 is 32.9 Å². The number of rotatable bonds is 2. The zero-order chi connectivity index (χ0) is 13.4. The molecule has 3 N–H and O–H groups in total. The lowest BCUT2D eigenvalue weighted by atomic mass is 10.3. The first-order valence-electron chi connectivity index (χ1n) is 5.23. The van der Waals surface area contributed by atoms with Crippen LogP contribution in [0, 0.1) is 5.82 Å². The van der Waals surface area contributed by atoms with Crippen LogP contribution in [0.4, 0.5) is 10.3 Å². The minimum atomic E-state index is -0.366. The van der Waals surface area contributed by atoms with Gasteiger partial charge in [-0.2, -0.15) is 15.1 Å². The summed E-state index contributed by atoms with van der Waals surface area (Å²) in [5.41, 5.74) is 6.05. The Morgan fingerprint density at radius 3 is 2.95 bits per heavy atom. The summed E-state index contributed by atoms with van der Waals surface area (Å²) >= 11 is 3.21. The summed E-state index contributed by atoms with van der Waals surface area (Å²) in [7, 11) is 0. The van der Waals surface area contributed by atoms with Gasteiger partial charge in [-0.25, -0.2) is 4.39 Å². The normalized spacial score (nSPS) is 10.8. The van der Waals surface area contributed by atoms with Gasteiger partial charge in [-0.05, 0) is 34.1 Å². The van der Waals surface area contributed by atoms with Gasteiger partial charge in [0.25, 0.3) is 0 Å². The lowest BCUT2D eigenvalue weighted by molar-refractivity contribution is 0.464. The third kappa shape index (κ3) is 2.22. The van der Waals surface area contributed by atoms with Crippen molar-refractivity contribution in [3.63, 3.8) is 0 Å². The second-order valence-electron chi connectivity index (χ2n) is 3.70. The van der Waals surface area contributed by atoms with E-state index in [4.69, 9.17) is 10.5 Å². The number of hydrogen-bond acceptors (Lipinski definition) is 5. The SMILES string of the molecule is Nc1nc(Oc2ccc(F)cc2Br)c2cn[nH]c2n1. The molecule has 96 valence electrons. The number of aromatic amines is 1. The van der Waals surface area contributed by atoms with Crippen molar-refractivity contribution in [3.8, 4) is 11.6 Å². The van der Waals surface area contributed by atoms with Crippen molar-refractivity contribution in [1.29, 1.82) is 0 Å². The number of benzene rings is 1. The molecule has 0 aliphatic carbocycles. The lowest BCUT2D eigenvalue weighted by Gasteiger charge is -2.07. The van der Waals surface area contributed by atoms with Crippen molar-refractivity contribution in [3.05, 3.63) is 34.7 Å². The molecule has 0 radical (unpaired) electrons. The number of halogens is 2. The second kappa shape index (κ2) is 4.47. The van der Waals surface area contributed by atoms with E-state index in [0.29, 0.717) is 21.3 Å². The fourth-order valence-electron chi connectivity index (χ4n) is 1.56. The van der Waals surface area contributed by atoms with Gasteiger partial charge in [-0.1, -0.05) is 0 Å². The maximum atomic E-state index is 13.0. The van der Waals surface area contributed by atoms with E-state index >= 15 is 0 Å². The Kier molecular flexibility index (Phi) is 2.79. The summed E-state index contributed by atoms with van der Waals surface area (Å²) in [4.78, 5) is 7.97. The second-order valence-corrected chi connectivity index (χ2v) is 4.55. The van der Waals surface area contributed by atoms with Crippen molar-refractivity contribution in [1.82, 2.24) is 20.2 Å².